The molecule has 0 spiro atoms. The molecular weight excluding hydrogens is 280 g/mol. The molecule has 114 valence electrons. The molecular formula is C18H18O4. The highest BCUT2D eigenvalue weighted by Gasteiger charge is 2.05. The molecule has 0 aromatic heterocycles. The molecule has 0 saturated heterocycles. The van der Waals surface area contributed by atoms with Gasteiger partial charge in [-0.05, 0) is 29.3 Å². The van der Waals surface area contributed by atoms with Gasteiger partial charge < -0.3 is 14.6 Å². The van der Waals surface area contributed by atoms with E-state index in [1.807, 2.05) is 30.3 Å². The minimum Gasteiger partial charge on any atom is -0.489 e. The molecule has 22 heavy (non-hydrogen) atoms. The van der Waals surface area contributed by atoms with E-state index < -0.39 is 12.1 Å². The van der Waals surface area contributed by atoms with Gasteiger partial charge in [0.15, 0.2) is 0 Å². The molecule has 0 aliphatic carbocycles. The van der Waals surface area contributed by atoms with Crippen molar-refractivity contribution in [1.29, 1.82) is 0 Å². The minimum absolute atomic E-state index is 0.491. The second-order valence-electron chi connectivity index (χ2n) is 4.67. The summed E-state index contributed by atoms with van der Waals surface area (Å²) >= 11 is 0. The fourth-order valence-electron chi connectivity index (χ4n) is 1.85. The summed E-state index contributed by atoms with van der Waals surface area (Å²) in [7, 11) is 1.29. The highest BCUT2D eigenvalue weighted by molar-refractivity contribution is 5.81. The molecule has 2 aromatic carbocycles. The third kappa shape index (κ3) is 4.75. The van der Waals surface area contributed by atoms with Crippen LogP contribution in [-0.4, -0.2) is 18.2 Å². The topological polar surface area (TPSA) is 55.8 Å². The lowest BCUT2D eigenvalue weighted by atomic mass is 10.1. The number of esters is 1. The number of carbonyl (C=O) groups excluding carboxylic acids is 1. The van der Waals surface area contributed by atoms with Crippen LogP contribution in [0.5, 0.6) is 5.75 Å². The van der Waals surface area contributed by atoms with Gasteiger partial charge in [0, 0.05) is 6.08 Å². The zero-order valence-electron chi connectivity index (χ0n) is 12.3. The van der Waals surface area contributed by atoms with Crippen molar-refractivity contribution in [2.45, 2.75) is 12.7 Å². The van der Waals surface area contributed by atoms with Gasteiger partial charge in [0.05, 0.1) is 13.2 Å². The lowest BCUT2D eigenvalue weighted by Gasteiger charge is -2.09. The molecule has 1 N–H and O–H groups in total. The van der Waals surface area contributed by atoms with Crippen molar-refractivity contribution in [3.8, 4) is 5.75 Å². The summed E-state index contributed by atoms with van der Waals surface area (Å²) in [6.07, 6.45) is 1.72. The van der Waals surface area contributed by atoms with Crippen LogP contribution in [0, 0.1) is 0 Å². The van der Waals surface area contributed by atoms with Gasteiger partial charge >= 0.3 is 5.97 Å². The predicted molar refractivity (Wildman–Crippen MR) is 83.3 cm³/mol. The Kier molecular flexibility index (Phi) is 5.74. The van der Waals surface area contributed by atoms with Gasteiger partial charge in [0.25, 0.3) is 0 Å². The Balaban J connectivity index is 1.92. The monoisotopic (exact) mass is 298 g/mol. The summed E-state index contributed by atoms with van der Waals surface area (Å²) < 4.78 is 10.1. The third-order valence-electron chi connectivity index (χ3n) is 3.09. The van der Waals surface area contributed by atoms with Crippen LogP contribution in [0.1, 0.15) is 17.2 Å². The Labute approximate surface area is 129 Å². The largest absolute Gasteiger partial charge is 0.489 e. The van der Waals surface area contributed by atoms with Crippen LogP contribution in [0.3, 0.4) is 0 Å². The van der Waals surface area contributed by atoms with Crippen molar-refractivity contribution < 1.29 is 19.4 Å². The van der Waals surface area contributed by atoms with Crippen molar-refractivity contribution in [3.05, 3.63) is 77.9 Å². The van der Waals surface area contributed by atoms with Crippen LogP contribution in [-0.2, 0) is 16.1 Å². The van der Waals surface area contributed by atoms with Gasteiger partial charge in [-0.3, -0.25) is 0 Å². The number of rotatable bonds is 6. The zero-order chi connectivity index (χ0) is 15.8. The SMILES string of the molecule is COC(=O)/C=C/C(O)c1ccc(OCc2ccccc2)cc1. The van der Waals surface area contributed by atoms with Crippen molar-refractivity contribution in [2.75, 3.05) is 7.11 Å². The molecule has 2 aromatic rings. The highest BCUT2D eigenvalue weighted by atomic mass is 16.5. The van der Waals surface area contributed by atoms with Crippen LogP contribution in [0.4, 0.5) is 0 Å². The van der Waals surface area contributed by atoms with E-state index in [1.165, 1.54) is 19.3 Å². The summed E-state index contributed by atoms with van der Waals surface area (Å²) in [6.45, 7) is 0.491. The van der Waals surface area contributed by atoms with E-state index in [1.54, 1.807) is 24.3 Å². The Hall–Kier alpha value is -2.59. The van der Waals surface area contributed by atoms with E-state index in [0.29, 0.717) is 12.2 Å². The molecule has 0 aliphatic heterocycles. The Morgan fingerprint density at radius 1 is 1.14 bits per heavy atom. The second kappa shape index (κ2) is 8.00. The quantitative estimate of drug-likeness (QED) is 0.658. The maximum absolute atomic E-state index is 11.0. The maximum atomic E-state index is 11.0. The molecule has 0 radical (unpaired) electrons. The number of ether oxygens (including phenoxy) is 2. The number of hydrogen-bond donors (Lipinski definition) is 1. The lowest BCUT2D eigenvalue weighted by molar-refractivity contribution is -0.134. The van der Waals surface area contributed by atoms with Crippen LogP contribution < -0.4 is 4.74 Å². The maximum Gasteiger partial charge on any atom is 0.330 e. The Bertz CT molecular complexity index is 617. The molecule has 4 heteroatoms. The normalized spacial score (nSPS) is 12.1. The summed E-state index contributed by atoms with van der Waals surface area (Å²) in [5.74, 6) is 0.221. The van der Waals surface area contributed by atoms with Crippen molar-refractivity contribution in [1.82, 2.24) is 0 Å². The van der Waals surface area contributed by atoms with Gasteiger partial charge in [-0.2, -0.15) is 0 Å². The van der Waals surface area contributed by atoms with E-state index in [2.05, 4.69) is 4.74 Å². The zero-order valence-corrected chi connectivity index (χ0v) is 12.3. The van der Waals surface area contributed by atoms with Crippen LogP contribution >= 0.6 is 0 Å². The molecule has 1 unspecified atom stereocenters. The van der Waals surface area contributed by atoms with E-state index in [0.717, 1.165) is 11.3 Å². The van der Waals surface area contributed by atoms with Crippen molar-refractivity contribution >= 4 is 5.97 Å². The second-order valence-corrected chi connectivity index (χ2v) is 4.67. The van der Waals surface area contributed by atoms with Crippen molar-refractivity contribution in [3.63, 3.8) is 0 Å². The van der Waals surface area contributed by atoms with Crippen LogP contribution in [0.15, 0.2) is 66.7 Å². The molecule has 0 bridgehead atoms. The number of aliphatic hydroxyl groups excluding tert-OH is 1. The van der Waals surface area contributed by atoms with Gasteiger partial charge in [0.1, 0.15) is 12.4 Å². The number of carbonyl (C=O) groups is 1. The molecule has 0 amide bonds. The van der Waals surface area contributed by atoms with Crippen molar-refractivity contribution in [2.24, 2.45) is 0 Å². The third-order valence-corrected chi connectivity index (χ3v) is 3.09. The Morgan fingerprint density at radius 3 is 2.45 bits per heavy atom. The average molecular weight is 298 g/mol. The fraction of sp³-hybridized carbons (Fsp3) is 0.167. The van der Waals surface area contributed by atoms with Gasteiger partial charge in [-0.25, -0.2) is 4.79 Å². The summed E-state index contributed by atoms with van der Waals surface area (Å²) in [5, 5.41) is 9.93. The number of benzene rings is 2. The summed E-state index contributed by atoms with van der Waals surface area (Å²) in [5.41, 5.74) is 1.76. The fourth-order valence-corrected chi connectivity index (χ4v) is 1.85. The molecule has 0 fully saturated rings. The van der Waals surface area contributed by atoms with Gasteiger partial charge in [0.2, 0.25) is 0 Å². The summed E-state index contributed by atoms with van der Waals surface area (Å²) in [6, 6.07) is 17.0. The standard InChI is InChI=1S/C18H18O4/c1-21-18(20)12-11-17(19)15-7-9-16(10-8-15)22-13-14-5-3-2-4-6-14/h2-12,17,19H,13H2,1H3/b12-11+. The Morgan fingerprint density at radius 2 is 1.82 bits per heavy atom. The first-order valence-corrected chi connectivity index (χ1v) is 6.90. The highest BCUT2D eigenvalue weighted by Crippen LogP contribution is 2.19. The first-order valence-electron chi connectivity index (χ1n) is 6.90. The molecule has 2 rings (SSSR count). The molecule has 4 nitrogen and oxygen atoms in total. The smallest absolute Gasteiger partial charge is 0.330 e. The molecule has 0 aliphatic rings. The van der Waals surface area contributed by atoms with Gasteiger partial charge in [-0.15, -0.1) is 0 Å². The molecule has 1 atom stereocenters. The van der Waals surface area contributed by atoms with E-state index >= 15 is 0 Å². The number of aliphatic hydroxyl groups is 1. The lowest BCUT2D eigenvalue weighted by Crippen LogP contribution is -1.99. The first kappa shape index (κ1) is 15.8. The predicted octanol–water partition coefficient (Wildman–Crippen LogP) is 3.03. The van der Waals surface area contributed by atoms with E-state index in [-0.39, 0.29) is 0 Å². The van der Waals surface area contributed by atoms with Gasteiger partial charge in [-0.1, -0.05) is 42.5 Å². The molecule has 0 saturated carbocycles. The van der Waals surface area contributed by atoms with Crippen LogP contribution in [0.2, 0.25) is 0 Å². The first-order chi connectivity index (χ1) is 10.7. The van der Waals surface area contributed by atoms with E-state index in [4.69, 9.17) is 4.74 Å². The number of methoxy groups -OCH3 is 1. The van der Waals surface area contributed by atoms with E-state index in [9.17, 15) is 9.90 Å². The molecule has 0 heterocycles. The number of hydrogen-bond acceptors (Lipinski definition) is 4. The minimum atomic E-state index is -0.859. The summed E-state index contributed by atoms with van der Waals surface area (Å²) in [4.78, 5) is 11.0. The average Bonchev–Trinajstić information content (AvgIpc) is 2.59. The van der Waals surface area contributed by atoms with Crippen LogP contribution in [0.25, 0.3) is 0 Å².